The smallest absolute Gasteiger partial charge is 0.317 e. The summed E-state index contributed by atoms with van der Waals surface area (Å²) < 4.78 is 5.55. The lowest BCUT2D eigenvalue weighted by Gasteiger charge is -2.34. The Kier molecular flexibility index (Phi) is 5.49. The van der Waals surface area contributed by atoms with Gasteiger partial charge < -0.3 is 15.0 Å². The number of carbonyl (C=O) groups excluding carboxylic acids is 1. The van der Waals surface area contributed by atoms with E-state index in [4.69, 9.17) is 4.74 Å². The molecule has 4 heteroatoms. The lowest BCUT2D eigenvalue weighted by molar-refractivity contribution is 0.120. The number of nitrogens with one attached hydrogen (secondary N) is 1. The van der Waals surface area contributed by atoms with Gasteiger partial charge in [0.05, 0.1) is 0 Å². The summed E-state index contributed by atoms with van der Waals surface area (Å²) in [6.07, 6.45) is 4.82. The van der Waals surface area contributed by atoms with Crippen LogP contribution in [0.2, 0.25) is 0 Å². The molecule has 2 fully saturated rings. The zero-order valence-electron chi connectivity index (χ0n) is 12.4. The van der Waals surface area contributed by atoms with Gasteiger partial charge in [-0.05, 0) is 43.4 Å². The number of ether oxygens (including phenoxy) is 1. The molecule has 19 heavy (non-hydrogen) atoms. The number of urea groups is 1. The third kappa shape index (κ3) is 5.39. The predicted octanol–water partition coefficient (Wildman–Crippen LogP) is 2.49. The minimum absolute atomic E-state index is 0.0978. The molecule has 0 radical (unpaired) electrons. The Morgan fingerprint density at radius 3 is 2.58 bits per heavy atom. The molecule has 1 heterocycles. The van der Waals surface area contributed by atoms with Gasteiger partial charge >= 0.3 is 6.03 Å². The Morgan fingerprint density at radius 2 is 1.95 bits per heavy atom. The summed E-state index contributed by atoms with van der Waals surface area (Å²) in [6.45, 7) is 8.65. The summed E-state index contributed by atoms with van der Waals surface area (Å²) in [5.41, 5.74) is 0. The fourth-order valence-corrected chi connectivity index (χ4v) is 2.84. The Hall–Kier alpha value is -0.770. The first-order valence-corrected chi connectivity index (χ1v) is 7.75. The van der Waals surface area contributed by atoms with Crippen LogP contribution in [0.4, 0.5) is 4.79 Å². The van der Waals surface area contributed by atoms with E-state index in [9.17, 15) is 4.79 Å². The van der Waals surface area contributed by atoms with Crippen molar-refractivity contribution in [3.05, 3.63) is 0 Å². The molecule has 2 rings (SSSR count). The number of likely N-dealkylation sites (tertiary alicyclic amines) is 1. The maximum atomic E-state index is 12.0. The van der Waals surface area contributed by atoms with Crippen LogP contribution in [0.1, 0.15) is 39.5 Å². The molecule has 2 unspecified atom stereocenters. The van der Waals surface area contributed by atoms with Gasteiger partial charge in [0.2, 0.25) is 0 Å². The van der Waals surface area contributed by atoms with Crippen LogP contribution >= 0.6 is 0 Å². The van der Waals surface area contributed by atoms with Crippen molar-refractivity contribution < 1.29 is 9.53 Å². The lowest BCUT2D eigenvalue weighted by Crippen LogP contribution is -2.47. The molecule has 2 aliphatic rings. The molecule has 0 aromatic heterocycles. The molecule has 4 nitrogen and oxygen atoms in total. The molecule has 110 valence electrons. The maximum Gasteiger partial charge on any atom is 0.317 e. The molecule has 0 aromatic carbocycles. The predicted molar refractivity (Wildman–Crippen MR) is 76.1 cm³/mol. The number of piperidine rings is 1. The third-order valence-electron chi connectivity index (χ3n) is 3.95. The van der Waals surface area contributed by atoms with Gasteiger partial charge in [0.25, 0.3) is 0 Å². The van der Waals surface area contributed by atoms with Crippen LogP contribution < -0.4 is 5.32 Å². The molecule has 1 aliphatic carbocycles. The molecule has 1 saturated heterocycles. The van der Waals surface area contributed by atoms with Gasteiger partial charge in [-0.15, -0.1) is 0 Å². The van der Waals surface area contributed by atoms with Gasteiger partial charge in [0.15, 0.2) is 0 Å². The molecule has 1 saturated carbocycles. The first kappa shape index (κ1) is 14.6. The van der Waals surface area contributed by atoms with E-state index in [0.29, 0.717) is 11.8 Å². The fourth-order valence-electron chi connectivity index (χ4n) is 2.84. The van der Waals surface area contributed by atoms with Gasteiger partial charge in [-0.1, -0.05) is 13.8 Å². The van der Waals surface area contributed by atoms with E-state index in [1.165, 1.54) is 19.3 Å². The molecule has 2 atom stereocenters. The number of amides is 2. The summed E-state index contributed by atoms with van der Waals surface area (Å²) in [7, 11) is 0. The average molecular weight is 268 g/mol. The molecule has 0 aromatic rings. The Labute approximate surface area is 116 Å². The molecular formula is C15H28N2O2. The van der Waals surface area contributed by atoms with Crippen LogP contribution in [-0.2, 0) is 4.74 Å². The Morgan fingerprint density at radius 1 is 1.26 bits per heavy atom. The van der Waals surface area contributed by atoms with Gasteiger partial charge in [-0.25, -0.2) is 4.79 Å². The molecule has 1 aliphatic heterocycles. The quantitative estimate of drug-likeness (QED) is 0.752. The maximum absolute atomic E-state index is 12.0. The second-order valence-corrected chi connectivity index (χ2v) is 6.45. The third-order valence-corrected chi connectivity index (χ3v) is 3.95. The second-order valence-electron chi connectivity index (χ2n) is 6.45. The normalized spacial score (nSPS) is 27.4. The second kappa shape index (κ2) is 7.13. The molecule has 0 spiro atoms. The minimum Gasteiger partial charge on any atom is -0.381 e. The van der Waals surface area contributed by atoms with E-state index in [1.807, 2.05) is 4.90 Å². The van der Waals surface area contributed by atoms with Crippen molar-refractivity contribution in [3.63, 3.8) is 0 Å². The highest BCUT2D eigenvalue weighted by molar-refractivity contribution is 5.74. The highest BCUT2D eigenvalue weighted by Gasteiger charge is 2.25. The van der Waals surface area contributed by atoms with E-state index >= 15 is 0 Å². The largest absolute Gasteiger partial charge is 0.381 e. The van der Waals surface area contributed by atoms with Gasteiger partial charge in [0.1, 0.15) is 0 Å². The summed E-state index contributed by atoms with van der Waals surface area (Å²) >= 11 is 0. The van der Waals surface area contributed by atoms with Crippen molar-refractivity contribution >= 4 is 6.03 Å². The van der Waals surface area contributed by atoms with E-state index in [1.54, 1.807) is 0 Å². The standard InChI is InChI=1S/C15H28N2O2/c1-12-8-13(2)10-17(9-12)15(18)16-6-3-7-19-11-14-4-5-14/h12-14H,3-11H2,1-2H3,(H,16,18). The number of hydrogen-bond acceptors (Lipinski definition) is 2. The molecule has 2 amide bonds. The minimum atomic E-state index is 0.0978. The van der Waals surface area contributed by atoms with E-state index < -0.39 is 0 Å². The van der Waals surface area contributed by atoms with Crippen LogP contribution in [0.15, 0.2) is 0 Å². The molecule has 0 bridgehead atoms. The summed E-state index contributed by atoms with van der Waals surface area (Å²) in [6, 6.07) is 0.0978. The number of rotatable bonds is 6. The molecule has 1 N–H and O–H groups in total. The summed E-state index contributed by atoms with van der Waals surface area (Å²) in [4.78, 5) is 14.0. The fraction of sp³-hybridized carbons (Fsp3) is 0.933. The van der Waals surface area contributed by atoms with Gasteiger partial charge in [-0.3, -0.25) is 0 Å². The van der Waals surface area contributed by atoms with Crippen LogP contribution in [0.3, 0.4) is 0 Å². The van der Waals surface area contributed by atoms with Crippen molar-refractivity contribution in [2.45, 2.75) is 39.5 Å². The van der Waals surface area contributed by atoms with Gasteiger partial charge in [0, 0.05) is 32.8 Å². The van der Waals surface area contributed by atoms with Crippen LogP contribution in [-0.4, -0.2) is 43.8 Å². The SMILES string of the molecule is CC1CC(C)CN(C(=O)NCCCOCC2CC2)C1. The zero-order valence-corrected chi connectivity index (χ0v) is 12.4. The van der Waals surface area contributed by atoms with Gasteiger partial charge in [-0.2, -0.15) is 0 Å². The first-order valence-electron chi connectivity index (χ1n) is 7.75. The zero-order chi connectivity index (χ0) is 13.7. The van der Waals surface area contributed by atoms with Crippen LogP contribution in [0, 0.1) is 17.8 Å². The highest BCUT2D eigenvalue weighted by atomic mass is 16.5. The number of carbonyl (C=O) groups is 1. The lowest BCUT2D eigenvalue weighted by atomic mass is 9.92. The monoisotopic (exact) mass is 268 g/mol. The van der Waals surface area contributed by atoms with Crippen LogP contribution in [0.25, 0.3) is 0 Å². The van der Waals surface area contributed by atoms with E-state index in [-0.39, 0.29) is 6.03 Å². The van der Waals surface area contributed by atoms with Crippen LogP contribution in [0.5, 0.6) is 0 Å². The Bertz CT molecular complexity index is 282. The van der Waals surface area contributed by atoms with Crippen molar-refractivity contribution in [2.75, 3.05) is 32.8 Å². The topological polar surface area (TPSA) is 41.6 Å². The summed E-state index contributed by atoms with van der Waals surface area (Å²) in [5, 5.41) is 3.00. The summed E-state index contributed by atoms with van der Waals surface area (Å²) in [5.74, 6) is 2.07. The van der Waals surface area contributed by atoms with Crippen molar-refractivity contribution in [3.8, 4) is 0 Å². The van der Waals surface area contributed by atoms with Crippen molar-refractivity contribution in [1.29, 1.82) is 0 Å². The number of hydrogen-bond donors (Lipinski definition) is 1. The number of nitrogens with zero attached hydrogens (tertiary/aromatic N) is 1. The molecular weight excluding hydrogens is 240 g/mol. The first-order chi connectivity index (χ1) is 9.15. The van der Waals surface area contributed by atoms with Crippen molar-refractivity contribution in [1.82, 2.24) is 10.2 Å². The van der Waals surface area contributed by atoms with Crippen molar-refractivity contribution in [2.24, 2.45) is 17.8 Å². The average Bonchev–Trinajstić information content (AvgIpc) is 3.16. The highest BCUT2D eigenvalue weighted by Crippen LogP contribution is 2.28. The van der Waals surface area contributed by atoms with E-state index in [0.717, 1.165) is 45.2 Å². The van der Waals surface area contributed by atoms with E-state index in [2.05, 4.69) is 19.2 Å². The Balaban J connectivity index is 1.52.